The molecule has 0 radical (unpaired) electrons. The van der Waals surface area contributed by atoms with Gasteiger partial charge in [-0.25, -0.2) is 8.42 Å². The Balaban J connectivity index is 2.13. The molecule has 0 aliphatic heterocycles. The molecule has 2 aromatic rings. The van der Waals surface area contributed by atoms with Crippen LogP contribution >= 0.6 is 23.4 Å². The fourth-order valence-corrected chi connectivity index (χ4v) is 4.09. The summed E-state index contributed by atoms with van der Waals surface area (Å²) in [4.78, 5) is 13.2. The maximum absolute atomic E-state index is 12.6. The Hall–Kier alpha value is -1.54. The SMILES string of the molecule is CSc1ccccc1NC(=O)CN(C)S(=O)(=O)c1ccc(C)c(Cl)c1. The fraction of sp³-hybridized carbons (Fsp3) is 0.235. The molecular weight excluding hydrogens is 380 g/mol. The number of thioether (sulfide) groups is 1. The van der Waals surface area contributed by atoms with E-state index in [0.29, 0.717) is 10.7 Å². The van der Waals surface area contributed by atoms with Crippen molar-refractivity contribution in [2.45, 2.75) is 16.7 Å². The van der Waals surface area contributed by atoms with Gasteiger partial charge in [0.25, 0.3) is 0 Å². The molecule has 0 bridgehead atoms. The Labute approximate surface area is 157 Å². The van der Waals surface area contributed by atoms with Crippen LogP contribution in [0.25, 0.3) is 0 Å². The maximum Gasteiger partial charge on any atom is 0.243 e. The van der Waals surface area contributed by atoms with Crippen LogP contribution in [-0.4, -0.2) is 38.5 Å². The minimum absolute atomic E-state index is 0.0583. The average molecular weight is 399 g/mol. The number of para-hydroxylation sites is 1. The third-order valence-corrected chi connectivity index (χ3v) is 6.60. The second-order valence-corrected chi connectivity index (χ2v) is 8.72. The van der Waals surface area contributed by atoms with E-state index >= 15 is 0 Å². The summed E-state index contributed by atoms with van der Waals surface area (Å²) in [5, 5.41) is 3.11. The number of benzene rings is 2. The Bertz CT molecular complexity index is 885. The van der Waals surface area contributed by atoms with Crippen molar-refractivity contribution in [3.63, 3.8) is 0 Å². The summed E-state index contributed by atoms with van der Waals surface area (Å²) >= 11 is 7.51. The Morgan fingerprint density at radius 3 is 2.56 bits per heavy atom. The molecule has 0 aromatic heterocycles. The zero-order chi connectivity index (χ0) is 18.6. The lowest BCUT2D eigenvalue weighted by atomic mass is 10.2. The highest BCUT2D eigenvalue weighted by atomic mass is 35.5. The number of anilines is 1. The third kappa shape index (κ3) is 4.76. The van der Waals surface area contributed by atoms with E-state index in [9.17, 15) is 13.2 Å². The van der Waals surface area contributed by atoms with Crippen LogP contribution in [0.5, 0.6) is 0 Å². The first kappa shape index (κ1) is 19.8. The third-order valence-electron chi connectivity index (χ3n) is 3.60. The van der Waals surface area contributed by atoms with Crippen LogP contribution in [0, 0.1) is 6.92 Å². The Morgan fingerprint density at radius 1 is 1.24 bits per heavy atom. The fourth-order valence-electron chi connectivity index (χ4n) is 2.14. The van der Waals surface area contributed by atoms with E-state index in [-0.39, 0.29) is 11.4 Å². The van der Waals surface area contributed by atoms with Crippen molar-refractivity contribution in [2.24, 2.45) is 0 Å². The lowest BCUT2D eigenvalue weighted by molar-refractivity contribution is -0.116. The summed E-state index contributed by atoms with van der Waals surface area (Å²) in [6, 6.07) is 11.9. The molecule has 0 saturated carbocycles. The highest BCUT2D eigenvalue weighted by Crippen LogP contribution is 2.25. The van der Waals surface area contributed by atoms with Gasteiger partial charge in [0, 0.05) is 17.0 Å². The number of hydrogen-bond acceptors (Lipinski definition) is 4. The average Bonchev–Trinajstić information content (AvgIpc) is 2.57. The van der Waals surface area contributed by atoms with Crippen molar-refractivity contribution in [3.05, 3.63) is 53.1 Å². The molecule has 1 amide bonds. The van der Waals surface area contributed by atoms with E-state index in [4.69, 9.17) is 11.6 Å². The number of aryl methyl sites for hydroxylation is 1. The first-order chi connectivity index (χ1) is 11.8. The minimum atomic E-state index is -3.80. The molecule has 0 spiro atoms. The lowest BCUT2D eigenvalue weighted by Gasteiger charge is -2.18. The number of nitrogens with one attached hydrogen (secondary N) is 1. The largest absolute Gasteiger partial charge is 0.324 e. The summed E-state index contributed by atoms with van der Waals surface area (Å²) in [7, 11) is -2.43. The molecule has 0 aliphatic rings. The molecule has 0 heterocycles. The van der Waals surface area contributed by atoms with Gasteiger partial charge in [0.15, 0.2) is 0 Å². The van der Waals surface area contributed by atoms with Gasteiger partial charge in [-0.1, -0.05) is 29.8 Å². The summed E-state index contributed by atoms with van der Waals surface area (Å²) < 4.78 is 26.2. The van der Waals surface area contributed by atoms with E-state index in [1.54, 1.807) is 19.1 Å². The number of sulfonamides is 1. The number of hydrogen-bond donors (Lipinski definition) is 1. The van der Waals surface area contributed by atoms with Crippen LogP contribution < -0.4 is 5.32 Å². The smallest absolute Gasteiger partial charge is 0.243 e. The van der Waals surface area contributed by atoms with Gasteiger partial charge in [-0.2, -0.15) is 4.31 Å². The highest BCUT2D eigenvalue weighted by molar-refractivity contribution is 7.98. The number of carbonyl (C=O) groups is 1. The number of amides is 1. The monoisotopic (exact) mass is 398 g/mol. The Kier molecular flexibility index (Phi) is 6.51. The molecule has 1 N–H and O–H groups in total. The van der Waals surface area contributed by atoms with Crippen LogP contribution in [0.4, 0.5) is 5.69 Å². The van der Waals surface area contributed by atoms with Crippen LogP contribution in [0.2, 0.25) is 5.02 Å². The van der Waals surface area contributed by atoms with E-state index in [1.807, 2.05) is 24.5 Å². The first-order valence-electron chi connectivity index (χ1n) is 7.41. The van der Waals surface area contributed by atoms with Crippen LogP contribution in [0.3, 0.4) is 0 Å². The summed E-state index contributed by atoms with van der Waals surface area (Å²) in [6.07, 6.45) is 1.91. The molecule has 0 unspecified atom stereocenters. The van der Waals surface area contributed by atoms with Crippen LogP contribution in [0.1, 0.15) is 5.56 Å². The van der Waals surface area contributed by atoms with Crippen molar-refractivity contribution in [2.75, 3.05) is 25.2 Å². The molecule has 2 rings (SSSR count). The van der Waals surface area contributed by atoms with Gasteiger partial charge in [0.2, 0.25) is 15.9 Å². The van der Waals surface area contributed by atoms with Gasteiger partial charge in [-0.05, 0) is 43.0 Å². The number of likely N-dealkylation sites (N-methyl/N-ethyl adjacent to an activating group) is 1. The molecule has 2 aromatic carbocycles. The molecule has 5 nitrogen and oxygen atoms in total. The summed E-state index contributed by atoms with van der Waals surface area (Å²) in [5.74, 6) is -0.411. The van der Waals surface area contributed by atoms with Crippen LogP contribution in [0.15, 0.2) is 52.3 Å². The minimum Gasteiger partial charge on any atom is -0.324 e. The van der Waals surface area contributed by atoms with E-state index in [1.165, 1.54) is 30.9 Å². The Morgan fingerprint density at radius 2 is 1.92 bits per heavy atom. The van der Waals surface area contributed by atoms with Gasteiger partial charge in [-0.15, -0.1) is 11.8 Å². The van der Waals surface area contributed by atoms with Gasteiger partial charge in [0.1, 0.15) is 0 Å². The molecule has 8 heteroatoms. The van der Waals surface area contributed by atoms with Crippen molar-refractivity contribution in [3.8, 4) is 0 Å². The van der Waals surface area contributed by atoms with Gasteiger partial charge < -0.3 is 5.32 Å². The molecule has 0 aliphatic carbocycles. The van der Waals surface area contributed by atoms with Crippen LogP contribution in [-0.2, 0) is 14.8 Å². The van der Waals surface area contributed by atoms with Gasteiger partial charge in [0.05, 0.1) is 17.1 Å². The first-order valence-corrected chi connectivity index (χ1v) is 10.5. The zero-order valence-corrected chi connectivity index (χ0v) is 16.5. The zero-order valence-electron chi connectivity index (χ0n) is 14.1. The second kappa shape index (κ2) is 8.23. The topological polar surface area (TPSA) is 66.5 Å². The van der Waals surface area contributed by atoms with Crippen molar-refractivity contribution in [1.29, 1.82) is 0 Å². The van der Waals surface area contributed by atoms with E-state index in [0.717, 1.165) is 14.8 Å². The maximum atomic E-state index is 12.6. The molecular formula is C17H19ClN2O3S2. The number of halogens is 1. The van der Waals surface area contributed by atoms with Gasteiger partial charge in [-0.3, -0.25) is 4.79 Å². The quantitative estimate of drug-likeness (QED) is 0.754. The second-order valence-electron chi connectivity index (χ2n) is 5.42. The molecule has 25 heavy (non-hydrogen) atoms. The van der Waals surface area contributed by atoms with Crippen molar-refractivity contribution < 1.29 is 13.2 Å². The number of rotatable bonds is 6. The standard InChI is InChI=1S/C17H19ClN2O3S2/c1-12-8-9-13(10-14(12)18)25(22,23)20(2)11-17(21)19-15-6-4-5-7-16(15)24-3/h4-10H,11H2,1-3H3,(H,19,21). The molecule has 0 saturated heterocycles. The predicted octanol–water partition coefficient (Wildman–Crippen LogP) is 3.63. The van der Waals surface area contributed by atoms with E-state index in [2.05, 4.69) is 5.32 Å². The van der Waals surface area contributed by atoms with Crippen molar-refractivity contribution >= 4 is 45.0 Å². The lowest BCUT2D eigenvalue weighted by Crippen LogP contribution is -2.35. The normalized spacial score (nSPS) is 11.6. The number of carbonyl (C=O) groups excluding carboxylic acids is 1. The predicted molar refractivity (Wildman–Crippen MR) is 103 cm³/mol. The molecule has 0 fully saturated rings. The summed E-state index contributed by atoms with van der Waals surface area (Å²) in [6.45, 7) is 1.50. The molecule has 0 atom stereocenters. The van der Waals surface area contributed by atoms with E-state index < -0.39 is 15.9 Å². The number of nitrogens with zero attached hydrogens (tertiary/aromatic N) is 1. The molecule has 134 valence electrons. The highest BCUT2D eigenvalue weighted by Gasteiger charge is 2.23. The van der Waals surface area contributed by atoms with Gasteiger partial charge >= 0.3 is 0 Å². The summed E-state index contributed by atoms with van der Waals surface area (Å²) in [5.41, 5.74) is 1.44. The van der Waals surface area contributed by atoms with Crippen molar-refractivity contribution in [1.82, 2.24) is 4.31 Å².